The molecule has 3 rings (SSSR count). The maximum absolute atomic E-state index is 12.9. The first-order valence-electron chi connectivity index (χ1n) is 11.5. The third-order valence-electron chi connectivity index (χ3n) is 6.14. The lowest BCUT2D eigenvalue weighted by Gasteiger charge is -2.37. The quantitative estimate of drug-likeness (QED) is 0.696. The van der Waals surface area contributed by atoms with Crippen molar-refractivity contribution in [3.63, 3.8) is 0 Å². The van der Waals surface area contributed by atoms with Crippen molar-refractivity contribution in [1.29, 1.82) is 0 Å². The van der Waals surface area contributed by atoms with E-state index >= 15 is 0 Å². The second-order valence-corrected chi connectivity index (χ2v) is 9.86. The van der Waals surface area contributed by atoms with Crippen molar-refractivity contribution >= 4 is 11.9 Å². The topological polar surface area (TPSA) is 57.7 Å². The number of nitrogens with one attached hydrogen (secondary N) is 1. The molecule has 1 saturated heterocycles. The summed E-state index contributed by atoms with van der Waals surface area (Å²) in [7, 11) is 0. The minimum absolute atomic E-state index is 0.185. The number of carbonyl (C=O) groups excluding carboxylic acids is 1. The summed E-state index contributed by atoms with van der Waals surface area (Å²) in [5.41, 5.74) is -1.32. The number of aromatic nitrogens is 1. The molecule has 1 N–H and O–H groups in total. The average Bonchev–Trinajstić information content (AvgIpc) is 2.72. The smallest absolute Gasteiger partial charge is 0.433 e. The molecule has 0 spiro atoms. The molecular formula is C23H35F3N4O2. The van der Waals surface area contributed by atoms with Crippen LogP contribution < -0.4 is 10.2 Å². The standard InChI is InChI=1S/C23H35F3N4O2/c1-22(2,3)32-21(31)27-18-9-7-17(8-10-18)11-12-29-13-15-30(16-14-29)20-6-4-5-19(28-20)23(24,25)26/h4-6,17-18H,7-16H2,1-3H3,(H,27,31). The summed E-state index contributed by atoms with van der Waals surface area (Å²) in [4.78, 5) is 20.0. The van der Waals surface area contributed by atoms with E-state index in [9.17, 15) is 18.0 Å². The first-order valence-corrected chi connectivity index (χ1v) is 11.5. The van der Waals surface area contributed by atoms with Gasteiger partial charge in [0.1, 0.15) is 17.1 Å². The summed E-state index contributed by atoms with van der Waals surface area (Å²) in [6.45, 7) is 9.60. The van der Waals surface area contributed by atoms with Gasteiger partial charge in [0.05, 0.1) is 0 Å². The number of hydrogen-bond donors (Lipinski definition) is 1. The number of piperazine rings is 1. The van der Waals surface area contributed by atoms with Crippen molar-refractivity contribution in [1.82, 2.24) is 15.2 Å². The van der Waals surface area contributed by atoms with Gasteiger partial charge < -0.3 is 15.0 Å². The first-order chi connectivity index (χ1) is 15.0. The highest BCUT2D eigenvalue weighted by atomic mass is 19.4. The highest BCUT2D eigenvalue weighted by molar-refractivity contribution is 5.68. The minimum atomic E-state index is -4.42. The highest BCUT2D eigenvalue weighted by Gasteiger charge is 2.33. The molecule has 6 nitrogen and oxygen atoms in total. The minimum Gasteiger partial charge on any atom is -0.444 e. The molecule has 1 amide bonds. The van der Waals surface area contributed by atoms with E-state index in [2.05, 4.69) is 15.2 Å². The van der Waals surface area contributed by atoms with Crippen LogP contribution in [0.25, 0.3) is 0 Å². The summed E-state index contributed by atoms with van der Waals surface area (Å²) in [5, 5.41) is 2.98. The van der Waals surface area contributed by atoms with E-state index in [0.717, 1.165) is 57.8 Å². The Labute approximate surface area is 188 Å². The lowest BCUT2D eigenvalue weighted by atomic mass is 9.84. The molecule has 1 aliphatic carbocycles. The third kappa shape index (κ3) is 7.53. The fourth-order valence-electron chi connectivity index (χ4n) is 4.39. The summed E-state index contributed by atoms with van der Waals surface area (Å²) < 4.78 is 44.1. The number of rotatable bonds is 5. The van der Waals surface area contributed by atoms with Crippen molar-refractivity contribution in [2.45, 2.75) is 70.7 Å². The molecular weight excluding hydrogens is 421 g/mol. The fraction of sp³-hybridized carbons (Fsp3) is 0.739. The third-order valence-corrected chi connectivity index (χ3v) is 6.14. The van der Waals surface area contributed by atoms with Gasteiger partial charge in [-0.3, -0.25) is 4.90 Å². The summed E-state index contributed by atoms with van der Waals surface area (Å²) in [6, 6.07) is 4.27. The van der Waals surface area contributed by atoms with Gasteiger partial charge in [-0.2, -0.15) is 13.2 Å². The molecule has 2 aliphatic rings. The fourth-order valence-corrected chi connectivity index (χ4v) is 4.39. The number of alkyl carbamates (subject to hydrolysis) is 1. The number of anilines is 1. The van der Waals surface area contributed by atoms with E-state index in [-0.39, 0.29) is 12.1 Å². The predicted molar refractivity (Wildman–Crippen MR) is 118 cm³/mol. The van der Waals surface area contributed by atoms with E-state index in [1.807, 2.05) is 25.7 Å². The molecule has 0 unspecified atom stereocenters. The van der Waals surface area contributed by atoms with E-state index < -0.39 is 17.5 Å². The molecule has 0 radical (unpaired) electrons. The van der Waals surface area contributed by atoms with Gasteiger partial charge in [0.2, 0.25) is 0 Å². The van der Waals surface area contributed by atoms with Crippen LogP contribution in [0.15, 0.2) is 18.2 Å². The second-order valence-electron chi connectivity index (χ2n) is 9.86. The van der Waals surface area contributed by atoms with E-state index in [1.165, 1.54) is 6.07 Å². The zero-order chi connectivity index (χ0) is 23.4. The zero-order valence-corrected chi connectivity index (χ0v) is 19.2. The number of carbonyl (C=O) groups is 1. The first kappa shape index (κ1) is 24.6. The van der Waals surface area contributed by atoms with Crippen molar-refractivity contribution in [2.75, 3.05) is 37.6 Å². The molecule has 2 heterocycles. The van der Waals surface area contributed by atoms with Crippen LogP contribution in [0.2, 0.25) is 0 Å². The van der Waals surface area contributed by atoms with Gasteiger partial charge >= 0.3 is 12.3 Å². The van der Waals surface area contributed by atoms with Crippen molar-refractivity contribution < 1.29 is 22.7 Å². The predicted octanol–water partition coefficient (Wildman–Crippen LogP) is 4.70. The Morgan fingerprint density at radius 2 is 1.75 bits per heavy atom. The molecule has 180 valence electrons. The number of pyridine rings is 1. The van der Waals surface area contributed by atoms with Crippen LogP contribution in [-0.2, 0) is 10.9 Å². The molecule has 0 bridgehead atoms. The number of hydrogen-bond acceptors (Lipinski definition) is 5. The summed E-state index contributed by atoms with van der Waals surface area (Å²) in [5.74, 6) is 1.05. The van der Waals surface area contributed by atoms with Crippen molar-refractivity contribution in [2.24, 2.45) is 5.92 Å². The number of alkyl halides is 3. The molecule has 1 aromatic rings. The zero-order valence-electron chi connectivity index (χ0n) is 19.2. The maximum Gasteiger partial charge on any atom is 0.433 e. The van der Waals surface area contributed by atoms with Crippen LogP contribution in [0.3, 0.4) is 0 Å². The second kappa shape index (κ2) is 10.3. The number of nitrogens with zero attached hydrogens (tertiary/aromatic N) is 3. The van der Waals surface area contributed by atoms with Crippen LogP contribution in [0.4, 0.5) is 23.8 Å². The molecule has 0 aromatic carbocycles. The molecule has 2 fully saturated rings. The van der Waals surface area contributed by atoms with Crippen LogP contribution in [-0.4, -0.2) is 60.3 Å². The van der Waals surface area contributed by atoms with Crippen molar-refractivity contribution in [3.05, 3.63) is 23.9 Å². The van der Waals surface area contributed by atoms with Gasteiger partial charge in [-0.25, -0.2) is 9.78 Å². The SMILES string of the molecule is CC(C)(C)OC(=O)NC1CCC(CCN2CCN(c3cccc(C(F)(F)F)n3)CC2)CC1. The Bertz CT molecular complexity index is 750. The van der Waals surface area contributed by atoms with E-state index in [1.54, 1.807) is 6.07 Å². The highest BCUT2D eigenvalue weighted by Crippen LogP contribution is 2.30. The van der Waals surface area contributed by atoms with E-state index in [4.69, 9.17) is 4.74 Å². The molecule has 1 saturated carbocycles. The maximum atomic E-state index is 12.9. The largest absolute Gasteiger partial charge is 0.444 e. The molecule has 9 heteroatoms. The van der Waals surface area contributed by atoms with Crippen LogP contribution in [0.1, 0.15) is 58.6 Å². The normalized spacial score (nSPS) is 23.1. The number of ether oxygens (including phenoxy) is 1. The monoisotopic (exact) mass is 456 g/mol. The molecule has 0 atom stereocenters. The van der Waals surface area contributed by atoms with Gasteiger partial charge in [-0.15, -0.1) is 0 Å². The van der Waals surface area contributed by atoms with Gasteiger partial charge in [-0.05, 0) is 77.5 Å². The Kier molecular flexibility index (Phi) is 7.90. The average molecular weight is 457 g/mol. The Morgan fingerprint density at radius 3 is 2.34 bits per heavy atom. The molecule has 1 aromatic heterocycles. The van der Waals surface area contributed by atoms with Crippen LogP contribution >= 0.6 is 0 Å². The van der Waals surface area contributed by atoms with Gasteiger partial charge in [0, 0.05) is 32.2 Å². The Morgan fingerprint density at radius 1 is 1.09 bits per heavy atom. The van der Waals surface area contributed by atoms with Gasteiger partial charge in [0.15, 0.2) is 0 Å². The van der Waals surface area contributed by atoms with E-state index in [0.29, 0.717) is 24.8 Å². The van der Waals surface area contributed by atoms with Gasteiger partial charge in [0.25, 0.3) is 0 Å². The molecule has 32 heavy (non-hydrogen) atoms. The molecule has 1 aliphatic heterocycles. The lowest BCUT2D eigenvalue weighted by molar-refractivity contribution is -0.141. The Hall–Kier alpha value is -2.03. The van der Waals surface area contributed by atoms with Gasteiger partial charge in [-0.1, -0.05) is 6.07 Å². The van der Waals surface area contributed by atoms with Crippen LogP contribution in [0.5, 0.6) is 0 Å². The lowest BCUT2D eigenvalue weighted by Crippen LogP contribution is -2.47. The summed E-state index contributed by atoms with van der Waals surface area (Å²) in [6.07, 6.45) is 0.482. The summed E-state index contributed by atoms with van der Waals surface area (Å²) >= 11 is 0. The van der Waals surface area contributed by atoms with Crippen LogP contribution in [0, 0.1) is 5.92 Å². The number of halogens is 3. The Balaban J connectivity index is 1.35. The van der Waals surface area contributed by atoms with Crippen molar-refractivity contribution in [3.8, 4) is 0 Å². The number of amides is 1.